The van der Waals surface area contributed by atoms with Gasteiger partial charge in [-0.25, -0.2) is 0 Å². The smallest absolute Gasteiger partial charge is 0.254 e. The van der Waals surface area contributed by atoms with Gasteiger partial charge >= 0.3 is 0 Å². The van der Waals surface area contributed by atoms with Gasteiger partial charge in [0.25, 0.3) is 5.91 Å². The van der Waals surface area contributed by atoms with Crippen LogP contribution in [0.15, 0.2) is 53.0 Å². The average Bonchev–Trinajstić information content (AvgIpc) is 2.75. The third-order valence-electron chi connectivity index (χ3n) is 4.42. The highest BCUT2D eigenvalue weighted by molar-refractivity contribution is 9.10. The van der Waals surface area contributed by atoms with Gasteiger partial charge in [-0.15, -0.1) is 0 Å². The molecule has 0 bridgehead atoms. The maximum atomic E-state index is 13.0. The van der Waals surface area contributed by atoms with Crippen molar-refractivity contribution < 1.29 is 14.4 Å². The molecule has 1 aliphatic rings. The lowest BCUT2D eigenvalue weighted by molar-refractivity contribution is -0.119. The Balaban J connectivity index is 1.82. The monoisotopic (exact) mass is 429 g/mol. The quantitative estimate of drug-likeness (QED) is 0.813. The Hall–Kier alpha value is -2.67. The Bertz CT molecular complexity index is 900. The molecule has 0 fully saturated rings. The SMILES string of the molecule is C[C@H]1CC(=O)Nc2ccccc2N1C(=O)CN(C)C(=O)c1cccc(Br)c1. The number of nitrogens with zero attached hydrogens (tertiary/aromatic N) is 2. The van der Waals surface area contributed by atoms with Crippen molar-refractivity contribution >= 4 is 45.0 Å². The van der Waals surface area contributed by atoms with Gasteiger partial charge in [-0.3, -0.25) is 14.4 Å². The number of fused-ring (bicyclic) bond motifs is 1. The highest BCUT2D eigenvalue weighted by atomic mass is 79.9. The second-order valence-corrected chi connectivity index (χ2v) is 7.47. The predicted octanol–water partition coefficient (Wildman–Crippen LogP) is 3.29. The molecule has 0 aromatic heterocycles. The van der Waals surface area contributed by atoms with Crippen molar-refractivity contribution in [2.45, 2.75) is 19.4 Å². The van der Waals surface area contributed by atoms with Crippen LogP contribution in [-0.4, -0.2) is 42.3 Å². The van der Waals surface area contributed by atoms with Gasteiger partial charge in [0.05, 0.1) is 11.4 Å². The first-order valence-electron chi connectivity index (χ1n) is 8.59. The van der Waals surface area contributed by atoms with Gasteiger partial charge in [0.2, 0.25) is 11.8 Å². The average molecular weight is 430 g/mol. The van der Waals surface area contributed by atoms with E-state index in [4.69, 9.17) is 0 Å². The maximum absolute atomic E-state index is 13.0. The lowest BCUT2D eigenvalue weighted by Gasteiger charge is -2.29. The standard InChI is InChI=1S/C20H20BrN3O3/c1-13-10-18(25)22-16-8-3-4-9-17(16)24(13)19(26)12-23(2)20(27)14-6-5-7-15(21)11-14/h3-9,11,13H,10,12H2,1-2H3,(H,22,25)/t13-/m0/s1. The summed E-state index contributed by atoms with van der Waals surface area (Å²) >= 11 is 3.35. The second-order valence-electron chi connectivity index (χ2n) is 6.55. The highest BCUT2D eigenvalue weighted by Gasteiger charge is 2.30. The van der Waals surface area contributed by atoms with Crippen molar-refractivity contribution in [1.82, 2.24) is 4.90 Å². The number of carbonyl (C=O) groups excluding carboxylic acids is 3. The van der Waals surface area contributed by atoms with E-state index in [1.54, 1.807) is 48.3 Å². The molecular weight excluding hydrogens is 410 g/mol. The molecule has 140 valence electrons. The molecule has 0 spiro atoms. The van der Waals surface area contributed by atoms with E-state index in [1.165, 1.54) is 4.90 Å². The number of halogens is 1. The molecule has 2 aromatic rings. The number of anilines is 2. The van der Waals surface area contributed by atoms with Crippen LogP contribution in [0.5, 0.6) is 0 Å². The van der Waals surface area contributed by atoms with E-state index in [1.807, 2.05) is 19.1 Å². The maximum Gasteiger partial charge on any atom is 0.254 e. The zero-order valence-corrected chi connectivity index (χ0v) is 16.7. The summed E-state index contributed by atoms with van der Waals surface area (Å²) in [4.78, 5) is 40.7. The molecule has 0 aliphatic carbocycles. The zero-order chi connectivity index (χ0) is 19.6. The van der Waals surface area contributed by atoms with Crippen molar-refractivity contribution in [3.05, 3.63) is 58.6 Å². The van der Waals surface area contributed by atoms with Gasteiger partial charge in [-0.1, -0.05) is 34.1 Å². The number of amides is 3. The van der Waals surface area contributed by atoms with Crippen molar-refractivity contribution in [1.29, 1.82) is 0 Å². The number of carbonyl (C=O) groups is 3. The van der Waals surface area contributed by atoms with Crippen LogP contribution in [0.3, 0.4) is 0 Å². The number of nitrogens with one attached hydrogen (secondary N) is 1. The van der Waals surface area contributed by atoms with Gasteiger partial charge < -0.3 is 15.1 Å². The molecule has 1 aliphatic heterocycles. The van der Waals surface area contributed by atoms with E-state index in [0.717, 1.165) is 4.47 Å². The van der Waals surface area contributed by atoms with Crippen LogP contribution in [0.25, 0.3) is 0 Å². The summed E-state index contributed by atoms with van der Waals surface area (Å²) in [5.74, 6) is -0.615. The van der Waals surface area contributed by atoms with Gasteiger partial charge in [-0.05, 0) is 37.3 Å². The Morgan fingerprint density at radius 2 is 1.96 bits per heavy atom. The Morgan fingerprint density at radius 1 is 1.22 bits per heavy atom. The van der Waals surface area contributed by atoms with Crippen molar-refractivity contribution in [3.63, 3.8) is 0 Å². The summed E-state index contributed by atoms with van der Waals surface area (Å²) in [5, 5.41) is 2.83. The fourth-order valence-corrected chi connectivity index (χ4v) is 3.56. The van der Waals surface area contributed by atoms with Crippen LogP contribution in [-0.2, 0) is 9.59 Å². The lowest BCUT2D eigenvalue weighted by atomic mass is 10.1. The number of benzene rings is 2. The van der Waals surface area contributed by atoms with E-state index in [-0.39, 0.29) is 36.7 Å². The molecule has 7 heteroatoms. The first-order valence-corrected chi connectivity index (χ1v) is 9.38. The van der Waals surface area contributed by atoms with E-state index < -0.39 is 0 Å². The highest BCUT2D eigenvalue weighted by Crippen LogP contribution is 2.31. The number of rotatable bonds is 3. The summed E-state index contributed by atoms with van der Waals surface area (Å²) in [6, 6.07) is 13.9. The van der Waals surface area contributed by atoms with E-state index in [9.17, 15) is 14.4 Å². The van der Waals surface area contributed by atoms with Crippen LogP contribution in [0.4, 0.5) is 11.4 Å². The zero-order valence-electron chi connectivity index (χ0n) is 15.1. The topological polar surface area (TPSA) is 69.7 Å². The predicted molar refractivity (Wildman–Crippen MR) is 108 cm³/mol. The molecular formula is C20H20BrN3O3. The molecule has 2 aromatic carbocycles. The largest absolute Gasteiger partial charge is 0.332 e. The first-order chi connectivity index (χ1) is 12.9. The number of likely N-dealkylation sites (N-methyl/N-ethyl adjacent to an activating group) is 1. The molecule has 6 nitrogen and oxygen atoms in total. The Kier molecular flexibility index (Phi) is 5.60. The summed E-state index contributed by atoms with van der Waals surface area (Å²) in [7, 11) is 1.60. The number of para-hydroxylation sites is 2. The van der Waals surface area contributed by atoms with Gasteiger partial charge in [-0.2, -0.15) is 0 Å². The van der Waals surface area contributed by atoms with E-state index in [2.05, 4.69) is 21.2 Å². The number of hydrogen-bond acceptors (Lipinski definition) is 3. The normalized spacial score (nSPS) is 16.2. The van der Waals surface area contributed by atoms with Crippen LogP contribution < -0.4 is 10.2 Å². The third-order valence-corrected chi connectivity index (χ3v) is 4.91. The van der Waals surface area contributed by atoms with Crippen molar-refractivity contribution in [2.75, 3.05) is 23.8 Å². The number of hydrogen-bond donors (Lipinski definition) is 1. The molecule has 1 atom stereocenters. The van der Waals surface area contributed by atoms with Crippen LogP contribution in [0.2, 0.25) is 0 Å². The molecule has 1 heterocycles. The van der Waals surface area contributed by atoms with Crippen molar-refractivity contribution in [3.8, 4) is 0 Å². The fraction of sp³-hybridized carbons (Fsp3) is 0.250. The van der Waals surface area contributed by atoms with Crippen LogP contribution in [0, 0.1) is 0 Å². The third kappa shape index (κ3) is 4.19. The minimum atomic E-state index is -0.310. The lowest BCUT2D eigenvalue weighted by Crippen LogP contribution is -2.45. The summed E-state index contributed by atoms with van der Waals surface area (Å²) in [5.41, 5.74) is 1.74. The van der Waals surface area contributed by atoms with Crippen LogP contribution >= 0.6 is 15.9 Å². The van der Waals surface area contributed by atoms with Gasteiger partial charge in [0, 0.05) is 29.5 Å². The summed E-state index contributed by atoms with van der Waals surface area (Å²) < 4.78 is 0.799. The summed E-state index contributed by atoms with van der Waals surface area (Å²) in [6.45, 7) is 1.74. The molecule has 27 heavy (non-hydrogen) atoms. The molecule has 3 amide bonds. The fourth-order valence-electron chi connectivity index (χ4n) is 3.16. The molecule has 3 rings (SSSR count). The van der Waals surface area contributed by atoms with E-state index in [0.29, 0.717) is 16.9 Å². The Labute approximate surface area is 166 Å². The molecule has 0 unspecified atom stereocenters. The minimum absolute atomic E-state index is 0.0851. The second kappa shape index (κ2) is 7.92. The van der Waals surface area contributed by atoms with Crippen LogP contribution in [0.1, 0.15) is 23.7 Å². The van der Waals surface area contributed by atoms with E-state index >= 15 is 0 Å². The molecule has 0 radical (unpaired) electrons. The van der Waals surface area contributed by atoms with Crippen molar-refractivity contribution in [2.24, 2.45) is 0 Å². The summed E-state index contributed by atoms with van der Waals surface area (Å²) in [6.07, 6.45) is 0.198. The molecule has 0 saturated carbocycles. The molecule has 0 saturated heterocycles. The Morgan fingerprint density at radius 3 is 2.70 bits per heavy atom. The first kappa shape index (κ1) is 19.1. The minimum Gasteiger partial charge on any atom is -0.332 e. The molecule has 1 N–H and O–H groups in total. The van der Waals surface area contributed by atoms with Gasteiger partial charge in [0.1, 0.15) is 6.54 Å². The van der Waals surface area contributed by atoms with Gasteiger partial charge in [0.15, 0.2) is 0 Å².